The normalized spacial score (nSPS) is 13.6. The molecule has 0 spiro atoms. The molecule has 5 heteroatoms. The van der Waals surface area contributed by atoms with Crippen molar-refractivity contribution in [2.24, 2.45) is 0 Å². The Hall–Kier alpha value is -1.71. The smallest absolute Gasteiger partial charge is 0.231 e. The van der Waals surface area contributed by atoms with Gasteiger partial charge >= 0.3 is 0 Å². The van der Waals surface area contributed by atoms with Gasteiger partial charge in [-0.1, -0.05) is 29.3 Å². The van der Waals surface area contributed by atoms with E-state index >= 15 is 0 Å². The van der Waals surface area contributed by atoms with Crippen LogP contribution in [0.1, 0.15) is 17.5 Å². The average molecular weight is 350 g/mol. The summed E-state index contributed by atoms with van der Waals surface area (Å²) in [6.07, 6.45) is 2.22. The number of ether oxygens (including phenoxy) is 1. The molecule has 0 N–H and O–H groups in total. The third kappa shape index (κ3) is 3.46. The van der Waals surface area contributed by atoms with Gasteiger partial charge in [0.15, 0.2) is 0 Å². The van der Waals surface area contributed by atoms with Crippen molar-refractivity contribution in [3.8, 4) is 5.75 Å². The number of nitrogens with zero attached hydrogens (tertiary/aromatic N) is 1. The predicted molar refractivity (Wildman–Crippen MR) is 93.8 cm³/mol. The molecule has 0 radical (unpaired) electrons. The van der Waals surface area contributed by atoms with Crippen molar-refractivity contribution in [2.45, 2.75) is 19.3 Å². The summed E-state index contributed by atoms with van der Waals surface area (Å²) in [5.74, 6) is 0.886. The Morgan fingerprint density at radius 3 is 2.74 bits per heavy atom. The lowest BCUT2D eigenvalue weighted by atomic mass is 10.0. The Bertz CT molecular complexity index is 746. The molecule has 0 unspecified atom stereocenters. The highest BCUT2D eigenvalue weighted by Crippen LogP contribution is 2.31. The van der Waals surface area contributed by atoms with Crippen LogP contribution in [-0.2, 0) is 17.6 Å². The molecular formula is C18H17Cl2NO2. The summed E-state index contributed by atoms with van der Waals surface area (Å²) in [4.78, 5) is 14.5. The van der Waals surface area contributed by atoms with Crippen LogP contribution < -0.4 is 9.64 Å². The number of amides is 1. The fourth-order valence-electron chi connectivity index (χ4n) is 2.88. The van der Waals surface area contributed by atoms with Crippen molar-refractivity contribution in [2.75, 3.05) is 18.6 Å². The Morgan fingerprint density at radius 2 is 2.00 bits per heavy atom. The first kappa shape index (κ1) is 16.2. The van der Waals surface area contributed by atoms with Crippen molar-refractivity contribution in [3.63, 3.8) is 0 Å². The van der Waals surface area contributed by atoms with Gasteiger partial charge in [-0.15, -0.1) is 0 Å². The summed E-state index contributed by atoms with van der Waals surface area (Å²) in [5, 5.41) is 0.971. The van der Waals surface area contributed by atoms with E-state index in [2.05, 4.69) is 0 Å². The fraction of sp³-hybridized carbons (Fsp3) is 0.278. The topological polar surface area (TPSA) is 29.5 Å². The molecule has 120 valence electrons. The van der Waals surface area contributed by atoms with Crippen LogP contribution in [-0.4, -0.2) is 19.6 Å². The Labute approximate surface area is 145 Å². The van der Waals surface area contributed by atoms with Crippen LogP contribution in [0, 0.1) is 0 Å². The SMILES string of the molecule is COc1ccc2c(c1)CCCN2C(=O)Cc1ccc(Cl)c(Cl)c1. The molecule has 0 saturated heterocycles. The number of hydrogen-bond acceptors (Lipinski definition) is 2. The highest BCUT2D eigenvalue weighted by molar-refractivity contribution is 6.42. The Balaban J connectivity index is 1.82. The standard InChI is InChI=1S/C18H17Cl2NO2/c1-23-14-5-7-17-13(11-14)3-2-8-21(17)18(22)10-12-4-6-15(19)16(20)9-12/h4-7,9,11H,2-3,8,10H2,1H3. The molecule has 1 aliphatic heterocycles. The second-order valence-corrected chi connectivity index (χ2v) is 6.38. The first-order valence-corrected chi connectivity index (χ1v) is 8.25. The number of anilines is 1. The summed E-state index contributed by atoms with van der Waals surface area (Å²) in [6.45, 7) is 0.736. The van der Waals surface area contributed by atoms with E-state index in [4.69, 9.17) is 27.9 Å². The third-order valence-corrected chi connectivity index (χ3v) is 4.78. The summed E-state index contributed by atoms with van der Waals surface area (Å²) in [5.41, 5.74) is 2.99. The van der Waals surface area contributed by atoms with Gasteiger partial charge in [0.25, 0.3) is 0 Å². The quantitative estimate of drug-likeness (QED) is 0.814. The van der Waals surface area contributed by atoms with Gasteiger partial charge < -0.3 is 9.64 Å². The molecule has 3 nitrogen and oxygen atoms in total. The maximum absolute atomic E-state index is 12.7. The highest BCUT2D eigenvalue weighted by atomic mass is 35.5. The van der Waals surface area contributed by atoms with Crippen molar-refractivity contribution in [1.82, 2.24) is 0 Å². The van der Waals surface area contributed by atoms with E-state index in [1.54, 1.807) is 19.2 Å². The number of fused-ring (bicyclic) bond motifs is 1. The number of halogens is 2. The van der Waals surface area contributed by atoms with Crippen LogP contribution in [0.25, 0.3) is 0 Å². The molecule has 1 heterocycles. The van der Waals surface area contributed by atoms with Crippen molar-refractivity contribution >= 4 is 34.8 Å². The van der Waals surface area contributed by atoms with Gasteiger partial charge in [-0.05, 0) is 54.3 Å². The van der Waals surface area contributed by atoms with Gasteiger partial charge in [-0.2, -0.15) is 0 Å². The van der Waals surface area contributed by atoms with Crippen LogP contribution in [0.4, 0.5) is 5.69 Å². The minimum atomic E-state index is 0.0644. The van der Waals surface area contributed by atoms with Gasteiger partial charge in [0.05, 0.1) is 23.6 Å². The van der Waals surface area contributed by atoms with E-state index < -0.39 is 0 Å². The van der Waals surface area contributed by atoms with Gasteiger partial charge in [0.2, 0.25) is 5.91 Å². The van der Waals surface area contributed by atoms with Crippen LogP contribution >= 0.6 is 23.2 Å². The molecule has 1 amide bonds. The van der Waals surface area contributed by atoms with E-state index in [0.717, 1.165) is 42.0 Å². The lowest BCUT2D eigenvalue weighted by molar-refractivity contribution is -0.118. The van der Waals surface area contributed by atoms with E-state index in [9.17, 15) is 4.79 Å². The number of aryl methyl sites for hydroxylation is 1. The molecule has 0 atom stereocenters. The second kappa shape index (κ2) is 6.81. The number of carbonyl (C=O) groups is 1. The zero-order chi connectivity index (χ0) is 16.4. The molecule has 0 aliphatic carbocycles. The fourth-order valence-corrected chi connectivity index (χ4v) is 3.20. The van der Waals surface area contributed by atoms with Crippen LogP contribution in [0.15, 0.2) is 36.4 Å². The second-order valence-electron chi connectivity index (χ2n) is 5.57. The number of benzene rings is 2. The molecule has 2 aromatic rings. The Kier molecular flexibility index (Phi) is 4.79. The van der Waals surface area contributed by atoms with E-state index in [-0.39, 0.29) is 5.91 Å². The average Bonchev–Trinajstić information content (AvgIpc) is 2.57. The zero-order valence-corrected chi connectivity index (χ0v) is 14.3. The van der Waals surface area contributed by atoms with E-state index in [1.165, 1.54) is 0 Å². The maximum Gasteiger partial charge on any atom is 0.231 e. The minimum Gasteiger partial charge on any atom is -0.497 e. The third-order valence-electron chi connectivity index (χ3n) is 4.05. The van der Waals surface area contributed by atoms with Gasteiger partial charge in [-0.25, -0.2) is 0 Å². The van der Waals surface area contributed by atoms with Crippen LogP contribution in [0.2, 0.25) is 10.0 Å². The first-order valence-electron chi connectivity index (χ1n) is 7.49. The highest BCUT2D eigenvalue weighted by Gasteiger charge is 2.23. The summed E-state index contributed by atoms with van der Waals surface area (Å²) in [7, 11) is 1.65. The molecule has 23 heavy (non-hydrogen) atoms. The number of hydrogen-bond donors (Lipinski definition) is 0. The molecular weight excluding hydrogens is 333 g/mol. The van der Waals surface area contributed by atoms with E-state index in [0.29, 0.717) is 16.5 Å². The lowest BCUT2D eigenvalue weighted by Gasteiger charge is -2.30. The maximum atomic E-state index is 12.7. The Morgan fingerprint density at radius 1 is 1.17 bits per heavy atom. The van der Waals surface area contributed by atoms with Crippen LogP contribution in [0.3, 0.4) is 0 Å². The zero-order valence-electron chi connectivity index (χ0n) is 12.8. The molecule has 0 saturated carbocycles. The number of rotatable bonds is 3. The molecule has 0 bridgehead atoms. The van der Waals surface area contributed by atoms with Crippen molar-refractivity contribution in [3.05, 3.63) is 57.6 Å². The summed E-state index contributed by atoms with van der Waals surface area (Å²) in [6, 6.07) is 11.2. The van der Waals surface area contributed by atoms with E-state index in [1.807, 2.05) is 29.2 Å². The van der Waals surface area contributed by atoms with Gasteiger partial charge in [0.1, 0.15) is 5.75 Å². The largest absolute Gasteiger partial charge is 0.497 e. The molecule has 3 rings (SSSR count). The van der Waals surface area contributed by atoms with Gasteiger partial charge in [-0.3, -0.25) is 4.79 Å². The van der Waals surface area contributed by atoms with Gasteiger partial charge in [0, 0.05) is 12.2 Å². The predicted octanol–water partition coefficient (Wildman–Crippen LogP) is 4.52. The monoisotopic (exact) mass is 349 g/mol. The van der Waals surface area contributed by atoms with Crippen molar-refractivity contribution < 1.29 is 9.53 Å². The molecule has 0 fully saturated rings. The minimum absolute atomic E-state index is 0.0644. The summed E-state index contributed by atoms with van der Waals surface area (Å²) >= 11 is 11.9. The van der Waals surface area contributed by atoms with Crippen LogP contribution in [0.5, 0.6) is 5.75 Å². The van der Waals surface area contributed by atoms with Crippen molar-refractivity contribution in [1.29, 1.82) is 0 Å². The number of methoxy groups -OCH3 is 1. The first-order chi connectivity index (χ1) is 11.1. The lowest BCUT2D eigenvalue weighted by Crippen LogP contribution is -2.36. The molecule has 0 aromatic heterocycles. The molecule has 1 aliphatic rings. The molecule has 2 aromatic carbocycles. The summed E-state index contributed by atoms with van der Waals surface area (Å²) < 4.78 is 5.27. The number of carbonyl (C=O) groups excluding carboxylic acids is 1.